The molecule has 1 unspecified atom stereocenters. The highest BCUT2D eigenvalue weighted by molar-refractivity contribution is 8.26. The van der Waals surface area contributed by atoms with Crippen LogP contribution in [0, 0.1) is 0 Å². The molecular weight excluding hydrogens is 412 g/mol. The minimum absolute atomic E-state index is 0.0477. The summed E-state index contributed by atoms with van der Waals surface area (Å²) in [6.07, 6.45) is 3.86. The van der Waals surface area contributed by atoms with Gasteiger partial charge in [0.2, 0.25) is 5.91 Å². The minimum Gasteiger partial charge on any atom is -0.497 e. The Labute approximate surface area is 178 Å². The molecule has 3 rings (SSSR count). The summed E-state index contributed by atoms with van der Waals surface area (Å²) < 4.78 is 5.53. The monoisotopic (exact) mass is 434 g/mol. The maximum Gasteiger partial charge on any atom is 0.326 e. The van der Waals surface area contributed by atoms with E-state index in [0.29, 0.717) is 22.2 Å². The summed E-state index contributed by atoms with van der Waals surface area (Å²) in [6.45, 7) is 0.581. The van der Waals surface area contributed by atoms with Crippen LogP contribution in [-0.4, -0.2) is 63.3 Å². The first kappa shape index (κ1) is 21.3. The molecule has 1 atom stereocenters. The van der Waals surface area contributed by atoms with E-state index >= 15 is 0 Å². The molecule has 154 valence electrons. The van der Waals surface area contributed by atoms with Gasteiger partial charge in [-0.3, -0.25) is 14.5 Å². The van der Waals surface area contributed by atoms with Crippen molar-refractivity contribution in [1.82, 2.24) is 9.80 Å². The Bertz CT molecular complexity index is 853. The SMILES string of the molecule is COc1ccc(/C=C2\SC(=S)N(CCC(=O)N3CCCCC3C(=O)O)C2=O)cc1. The van der Waals surface area contributed by atoms with Gasteiger partial charge < -0.3 is 14.7 Å². The smallest absolute Gasteiger partial charge is 0.326 e. The molecule has 1 aromatic rings. The molecule has 0 saturated carbocycles. The topological polar surface area (TPSA) is 87.2 Å². The number of thioether (sulfide) groups is 1. The molecule has 29 heavy (non-hydrogen) atoms. The van der Waals surface area contributed by atoms with E-state index in [2.05, 4.69) is 0 Å². The average molecular weight is 435 g/mol. The molecule has 2 aliphatic rings. The van der Waals surface area contributed by atoms with Crippen LogP contribution in [-0.2, 0) is 14.4 Å². The van der Waals surface area contributed by atoms with Crippen molar-refractivity contribution in [2.45, 2.75) is 31.7 Å². The van der Waals surface area contributed by atoms with E-state index in [4.69, 9.17) is 17.0 Å². The molecule has 2 heterocycles. The number of thiocarbonyl (C=S) groups is 1. The lowest BCUT2D eigenvalue weighted by Crippen LogP contribution is -2.48. The number of benzene rings is 1. The van der Waals surface area contributed by atoms with Crippen molar-refractivity contribution < 1.29 is 24.2 Å². The van der Waals surface area contributed by atoms with Gasteiger partial charge in [-0.1, -0.05) is 36.1 Å². The first-order valence-electron chi connectivity index (χ1n) is 9.32. The predicted octanol–water partition coefficient (Wildman–Crippen LogP) is 2.75. The minimum atomic E-state index is -0.980. The molecule has 0 radical (unpaired) electrons. The zero-order valence-electron chi connectivity index (χ0n) is 16.0. The molecule has 0 bridgehead atoms. The predicted molar refractivity (Wildman–Crippen MR) is 114 cm³/mol. The summed E-state index contributed by atoms with van der Waals surface area (Å²) in [6, 6.07) is 6.53. The van der Waals surface area contributed by atoms with Crippen molar-refractivity contribution in [2.75, 3.05) is 20.2 Å². The van der Waals surface area contributed by atoms with Crippen LogP contribution in [0.15, 0.2) is 29.2 Å². The van der Waals surface area contributed by atoms with E-state index in [9.17, 15) is 19.5 Å². The van der Waals surface area contributed by atoms with Crippen LogP contribution in [0.2, 0.25) is 0 Å². The maximum absolute atomic E-state index is 12.7. The molecule has 1 N–H and O–H groups in total. The molecule has 2 saturated heterocycles. The lowest BCUT2D eigenvalue weighted by atomic mass is 10.0. The summed E-state index contributed by atoms with van der Waals surface area (Å²) in [7, 11) is 1.59. The number of carbonyl (C=O) groups excluding carboxylic acids is 2. The van der Waals surface area contributed by atoms with Crippen molar-refractivity contribution in [3.8, 4) is 5.75 Å². The molecule has 2 aliphatic heterocycles. The van der Waals surface area contributed by atoms with Gasteiger partial charge in [-0.2, -0.15) is 0 Å². The van der Waals surface area contributed by atoms with Crippen LogP contribution in [0.4, 0.5) is 0 Å². The number of hydrogen-bond donors (Lipinski definition) is 1. The van der Waals surface area contributed by atoms with E-state index in [0.717, 1.165) is 24.2 Å². The van der Waals surface area contributed by atoms with Crippen LogP contribution in [0.5, 0.6) is 5.75 Å². The number of aliphatic carboxylic acids is 1. The van der Waals surface area contributed by atoms with Gasteiger partial charge >= 0.3 is 5.97 Å². The summed E-state index contributed by atoms with van der Waals surface area (Å²) in [5.41, 5.74) is 0.847. The maximum atomic E-state index is 12.7. The average Bonchev–Trinajstić information content (AvgIpc) is 2.99. The zero-order chi connectivity index (χ0) is 21.0. The number of carbonyl (C=O) groups is 3. The van der Waals surface area contributed by atoms with Crippen LogP contribution in [0.1, 0.15) is 31.2 Å². The summed E-state index contributed by atoms with van der Waals surface area (Å²) in [5, 5.41) is 9.33. The highest BCUT2D eigenvalue weighted by Gasteiger charge is 2.35. The fourth-order valence-electron chi connectivity index (χ4n) is 3.38. The molecule has 0 aliphatic carbocycles. The van der Waals surface area contributed by atoms with Gasteiger partial charge in [0, 0.05) is 19.5 Å². The highest BCUT2D eigenvalue weighted by atomic mass is 32.2. The molecular formula is C20H22N2O5S2. The standard InChI is InChI=1S/C20H22N2O5S2/c1-27-14-7-5-13(6-8-14)12-16-18(24)22(20(28)29-16)11-9-17(23)21-10-3-2-4-15(21)19(25)26/h5-8,12,15H,2-4,9-11H2,1H3,(H,25,26)/b16-12-. The Balaban J connectivity index is 1.63. The number of methoxy groups -OCH3 is 1. The Morgan fingerprint density at radius 3 is 2.69 bits per heavy atom. The van der Waals surface area contributed by atoms with Crippen LogP contribution < -0.4 is 4.74 Å². The lowest BCUT2D eigenvalue weighted by Gasteiger charge is -2.33. The van der Waals surface area contributed by atoms with E-state index < -0.39 is 12.0 Å². The molecule has 2 fully saturated rings. The number of likely N-dealkylation sites (tertiary alicyclic amines) is 1. The number of ether oxygens (including phenoxy) is 1. The first-order chi connectivity index (χ1) is 13.9. The molecule has 0 aromatic heterocycles. The fourth-order valence-corrected chi connectivity index (χ4v) is 4.69. The number of nitrogens with zero attached hydrogens (tertiary/aromatic N) is 2. The number of hydrogen-bond acceptors (Lipinski definition) is 6. The first-order valence-corrected chi connectivity index (χ1v) is 10.5. The quantitative estimate of drug-likeness (QED) is 0.544. The molecule has 2 amide bonds. The number of piperidine rings is 1. The van der Waals surface area contributed by atoms with Gasteiger partial charge in [0.25, 0.3) is 5.91 Å². The number of carboxylic acids is 1. The Morgan fingerprint density at radius 2 is 2.03 bits per heavy atom. The number of carboxylic acid groups (broad SMARTS) is 1. The third kappa shape index (κ3) is 4.97. The van der Waals surface area contributed by atoms with E-state index in [-0.39, 0.29) is 24.8 Å². The lowest BCUT2D eigenvalue weighted by molar-refractivity contribution is -0.152. The van der Waals surface area contributed by atoms with Gasteiger partial charge in [0.05, 0.1) is 12.0 Å². The zero-order valence-corrected chi connectivity index (χ0v) is 17.6. The van der Waals surface area contributed by atoms with Gasteiger partial charge in [-0.05, 0) is 43.0 Å². The van der Waals surface area contributed by atoms with Crippen LogP contribution in [0.25, 0.3) is 6.08 Å². The Hall–Kier alpha value is -2.39. The largest absolute Gasteiger partial charge is 0.497 e. The second-order valence-electron chi connectivity index (χ2n) is 6.79. The third-order valence-electron chi connectivity index (χ3n) is 4.94. The van der Waals surface area contributed by atoms with Gasteiger partial charge in [-0.25, -0.2) is 4.79 Å². The second-order valence-corrected chi connectivity index (χ2v) is 8.47. The van der Waals surface area contributed by atoms with Crippen molar-refractivity contribution in [3.63, 3.8) is 0 Å². The highest BCUT2D eigenvalue weighted by Crippen LogP contribution is 2.33. The summed E-state index contributed by atoms with van der Waals surface area (Å²) >= 11 is 6.51. The van der Waals surface area contributed by atoms with E-state index in [1.807, 2.05) is 24.3 Å². The molecule has 9 heteroatoms. The van der Waals surface area contributed by atoms with E-state index in [1.165, 1.54) is 21.6 Å². The summed E-state index contributed by atoms with van der Waals surface area (Å²) in [4.78, 5) is 40.0. The number of rotatable bonds is 6. The second kappa shape index (κ2) is 9.41. The van der Waals surface area contributed by atoms with Crippen LogP contribution >= 0.6 is 24.0 Å². The Morgan fingerprint density at radius 1 is 1.31 bits per heavy atom. The van der Waals surface area contributed by atoms with Crippen molar-refractivity contribution in [2.24, 2.45) is 0 Å². The van der Waals surface area contributed by atoms with Crippen molar-refractivity contribution >= 4 is 52.2 Å². The summed E-state index contributed by atoms with van der Waals surface area (Å²) in [5.74, 6) is -0.751. The molecule has 0 spiro atoms. The van der Waals surface area contributed by atoms with Crippen LogP contribution in [0.3, 0.4) is 0 Å². The fraction of sp³-hybridized carbons (Fsp3) is 0.400. The van der Waals surface area contributed by atoms with E-state index in [1.54, 1.807) is 13.2 Å². The normalized spacial score (nSPS) is 21.0. The van der Waals surface area contributed by atoms with Gasteiger partial charge in [0.1, 0.15) is 16.1 Å². The van der Waals surface area contributed by atoms with Crippen molar-refractivity contribution in [3.05, 3.63) is 34.7 Å². The third-order valence-corrected chi connectivity index (χ3v) is 6.32. The molecule has 7 nitrogen and oxygen atoms in total. The van der Waals surface area contributed by atoms with Gasteiger partial charge in [-0.15, -0.1) is 0 Å². The van der Waals surface area contributed by atoms with Crippen molar-refractivity contribution in [1.29, 1.82) is 0 Å². The number of amides is 2. The molecule has 1 aromatic carbocycles. The Kier molecular flexibility index (Phi) is 6.92. The van der Waals surface area contributed by atoms with Gasteiger partial charge in [0.15, 0.2) is 0 Å².